The van der Waals surface area contributed by atoms with Gasteiger partial charge in [0.2, 0.25) is 0 Å². The molecule has 0 atom stereocenters. The lowest BCUT2D eigenvalue weighted by Crippen LogP contribution is -1.93. The Balaban J connectivity index is 2.69. The first-order valence-electron chi connectivity index (χ1n) is 5.55. The lowest BCUT2D eigenvalue weighted by molar-refractivity contribution is 0.151. The third-order valence-corrected chi connectivity index (χ3v) is 3.80. The minimum atomic E-state index is -2.67. The van der Waals surface area contributed by atoms with Crippen LogP contribution in [0.2, 0.25) is 15.1 Å². The molecule has 106 valence electrons. The molecule has 20 heavy (non-hydrogen) atoms. The number of methoxy groups -OCH3 is 1. The predicted octanol–water partition coefficient (Wildman–Crippen LogP) is 6.26. The molecule has 1 nitrogen and oxygen atoms in total. The highest BCUT2D eigenvalue weighted by Crippen LogP contribution is 2.41. The molecule has 0 fully saturated rings. The van der Waals surface area contributed by atoms with Crippen LogP contribution < -0.4 is 4.74 Å². The molecule has 0 spiro atoms. The van der Waals surface area contributed by atoms with E-state index in [0.29, 0.717) is 16.3 Å². The fraction of sp³-hybridized carbons (Fsp3) is 0.143. The first-order valence-corrected chi connectivity index (χ1v) is 6.68. The van der Waals surface area contributed by atoms with Gasteiger partial charge in [-0.1, -0.05) is 40.9 Å². The highest BCUT2D eigenvalue weighted by molar-refractivity contribution is 6.45. The third-order valence-electron chi connectivity index (χ3n) is 2.78. The summed E-state index contributed by atoms with van der Waals surface area (Å²) in [4.78, 5) is 0. The first kappa shape index (κ1) is 15.4. The molecule has 0 amide bonds. The van der Waals surface area contributed by atoms with Gasteiger partial charge in [0.05, 0.1) is 17.2 Å². The molecule has 0 saturated carbocycles. The van der Waals surface area contributed by atoms with E-state index in [9.17, 15) is 8.78 Å². The fourth-order valence-electron chi connectivity index (χ4n) is 1.85. The van der Waals surface area contributed by atoms with Gasteiger partial charge in [-0.25, -0.2) is 8.78 Å². The molecular weight excluding hydrogens is 329 g/mol. The largest absolute Gasteiger partial charge is 0.497 e. The van der Waals surface area contributed by atoms with Gasteiger partial charge in [-0.05, 0) is 29.8 Å². The van der Waals surface area contributed by atoms with Crippen molar-refractivity contribution in [3.63, 3.8) is 0 Å². The van der Waals surface area contributed by atoms with E-state index >= 15 is 0 Å². The van der Waals surface area contributed by atoms with Crippen LogP contribution in [0.25, 0.3) is 11.1 Å². The summed E-state index contributed by atoms with van der Waals surface area (Å²) in [6.45, 7) is 0. The average Bonchev–Trinajstić information content (AvgIpc) is 2.42. The van der Waals surface area contributed by atoms with E-state index in [1.54, 1.807) is 6.07 Å². The van der Waals surface area contributed by atoms with Gasteiger partial charge in [-0.3, -0.25) is 0 Å². The second-order valence-electron chi connectivity index (χ2n) is 4.00. The van der Waals surface area contributed by atoms with E-state index in [2.05, 4.69) is 0 Å². The van der Waals surface area contributed by atoms with Crippen LogP contribution >= 0.6 is 34.8 Å². The standard InChI is InChI=1S/C14H9Cl3F2O/c1-20-8-2-3-9(11(6-8)14(18)19)10-4-7(15)5-12(16)13(10)17/h2-6,14H,1H3. The van der Waals surface area contributed by atoms with Crippen molar-refractivity contribution in [1.82, 2.24) is 0 Å². The van der Waals surface area contributed by atoms with Gasteiger partial charge in [0.25, 0.3) is 6.43 Å². The highest BCUT2D eigenvalue weighted by atomic mass is 35.5. The van der Waals surface area contributed by atoms with Gasteiger partial charge >= 0.3 is 0 Å². The van der Waals surface area contributed by atoms with Crippen LogP contribution in [-0.4, -0.2) is 7.11 Å². The third kappa shape index (κ3) is 3.00. The molecule has 0 aliphatic carbocycles. The Morgan fingerprint density at radius 3 is 2.30 bits per heavy atom. The Labute approximate surface area is 130 Å². The van der Waals surface area contributed by atoms with Gasteiger partial charge in [0, 0.05) is 16.1 Å². The molecule has 0 bridgehead atoms. The number of benzene rings is 2. The summed E-state index contributed by atoms with van der Waals surface area (Å²) in [7, 11) is 1.41. The maximum atomic E-state index is 13.2. The van der Waals surface area contributed by atoms with Crippen molar-refractivity contribution >= 4 is 34.8 Å². The average molecular weight is 338 g/mol. The summed E-state index contributed by atoms with van der Waals surface area (Å²) < 4.78 is 31.4. The Kier molecular flexibility index (Phi) is 4.74. The lowest BCUT2D eigenvalue weighted by Gasteiger charge is -2.13. The van der Waals surface area contributed by atoms with Crippen molar-refractivity contribution in [3.8, 4) is 16.9 Å². The van der Waals surface area contributed by atoms with E-state index in [1.165, 1.54) is 31.4 Å². The van der Waals surface area contributed by atoms with Gasteiger partial charge in [0.15, 0.2) is 0 Å². The minimum absolute atomic E-state index is 0.183. The normalized spacial score (nSPS) is 10.9. The zero-order valence-corrected chi connectivity index (χ0v) is 12.5. The van der Waals surface area contributed by atoms with Crippen molar-refractivity contribution < 1.29 is 13.5 Å². The summed E-state index contributed by atoms with van der Waals surface area (Å²) >= 11 is 17.9. The van der Waals surface area contributed by atoms with E-state index in [0.717, 1.165) is 0 Å². The Morgan fingerprint density at radius 1 is 1.00 bits per heavy atom. The lowest BCUT2D eigenvalue weighted by atomic mass is 9.99. The number of rotatable bonds is 3. The SMILES string of the molecule is COc1ccc(-c2cc(Cl)cc(Cl)c2Cl)c(C(F)F)c1. The maximum absolute atomic E-state index is 13.2. The number of alkyl halides is 2. The molecule has 2 aromatic rings. The molecular formula is C14H9Cl3F2O. The van der Waals surface area contributed by atoms with Crippen molar-refractivity contribution in [2.45, 2.75) is 6.43 Å². The second-order valence-corrected chi connectivity index (χ2v) is 5.22. The minimum Gasteiger partial charge on any atom is -0.497 e. The number of halogens is 5. The number of ether oxygens (including phenoxy) is 1. The summed E-state index contributed by atoms with van der Waals surface area (Å²) in [5, 5.41) is 0.721. The van der Waals surface area contributed by atoms with Crippen LogP contribution in [0, 0.1) is 0 Å². The van der Waals surface area contributed by atoms with Crippen LogP contribution in [0.15, 0.2) is 30.3 Å². The molecule has 0 aliphatic heterocycles. The van der Waals surface area contributed by atoms with E-state index in [1.807, 2.05) is 0 Å². The van der Waals surface area contributed by atoms with E-state index in [-0.39, 0.29) is 21.2 Å². The summed E-state index contributed by atoms with van der Waals surface area (Å²) in [5.41, 5.74) is 0.446. The monoisotopic (exact) mass is 336 g/mol. The first-order chi connectivity index (χ1) is 9.43. The number of hydrogen-bond donors (Lipinski definition) is 0. The molecule has 0 aromatic heterocycles. The van der Waals surface area contributed by atoms with Crippen molar-refractivity contribution in [1.29, 1.82) is 0 Å². The van der Waals surface area contributed by atoms with Crippen molar-refractivity contribution in [2.75, 3.05) is 7.11 Å². The van der Waals surface area contributed by atoms with Crippen LogP contribution in [-0.2, 0) is 0 Å². The molecule has 0 radical (unpaired) electrons. The van der Waals surface area contributed by atoms with Gasteiger partial charge < -0.3 is 4.74 Å². The molecule has 2 rings (SSSR count). The Bertz CT molecular complexity index is 645. The molecule has 0 heterocycles. The topological polar surface area (TPSA) is 9.23 Å². The highest BCUT2D eigenvalue weighted by Gasteiger charge is 2.19. The predicted molar refractivity (Wildman–Crippen MR) is 78.4 cm³/mol. The van der Waals surface area contributed by atoms with E-state index < -0.39 is 6.43 Å². The molecule has 0 aliphatic rings. The maximum Gasteiger partial charge on any atom is 0.264 e. The van der Waals surface area contributed by atoms with Gasteiger partial charge in [-0.2, -0.15) is 0 Å². The Morgan fingerprint density at radius 2 is 1.70 bits per heavy atom. The van der Waals surface area contributed by atoms with Gasteiger partial charge in [0.1, 0.15) is 5.75 Å². The molecule has 0 N–H and O–H groups in total. The summed E-state index contributed by atoms with van der Waals surface area (Å²) in [6, 6.07) is 7.32. The van der Waals surface area contributed by atoms with Crippen molar-refractivity contribution in [2.24, 2.45) is 0 Å². The number of hydrogen-bond acceptors (Lipinski definition) is 1. The molecule has 0 saturated heterocycles. The summed E-state index contributed by atoms with van der Waals surface area (Å²) in [5.74, 6) is 0.341. The van der Waals surface area contributed by atoms with Crippen LogP contribution in [0.3, 0.4) is 0 Å². The van der Waals surface area contributed by atoms with Crippen LogP contribution in [0.5, 0.6) is 5.75 Å². The smallest absolute Gasteiger partial charge is 0.264 e. The summed E-state index contributed by atoms with van der Waals surface area (Å²) in [6.07, 6.45) is -2.67. The fourth-order valence-corrected chi connectivity index (χ4v) is 2.55. The van der Waals surface area contributed by atoms with Crippen LogP contribution in [0.1, 0.15) is 12.0 Å². The molecule has 2 aromatic carbocycles. The quantitative estimate of drug-likeness (QED) is 0.601. The molecule has 6 heteroatoms. The Hall–Kier alpha value is -1.03. The molecule has 0 unspecified atom stereocenters. The van der Waals surface area contributed by atoms with Crippen molar-refractivity contribution in [3.05, 3.63) is 51.0 Å². The zero-order chi connectivity index (χ0) is 14.9. The zero-order valence-electron chi connectivity index (χ0n) is 10.3. The van der Waals surface area contributed by atoms with Gasteiger partial charge in [-0.15, -0.1) is 0 Å². The van der Waals surface area contributed by atoms with E-state index in [4.69, 9.17) is 39.5 Å². The second kappa shape index (κ2) is 6.17. The van der Waals surface area contributed by atoms with Crippen LogP contribution in [0.4, 0.5) is 8.78 Å².